The van der Waals surface area contributed by atoms with E-state index in [9.17, 15) is 0 Å². The van der Waals surface area contributed by atoms with Crippen molar-refractivity contribution in [1.82, 2.24) is 20.2 Å². The number of rotatable bonds is 5. The molecule has 0 spiro atoms. The number of hydrogen-bond donors (Lipinski definition) is 2. The summed E-state index contributed by atoms with van der Waals surface area (Å²) in [6.07, 6.45) is 4.17. The molecule has 1 aliphatic carbocycles. The van der Waals surface area contributed by atoms with Crippen LogP contribution < -0.4 is 5.73 Å². The van der Waals surface area contributed by atoms with Gasteiger partial charge >= 0.3 is 0 Å². The van der Waals surface area contributed by atoms with Crippen LogP contribution in [-0.4, -0.2) is 37.5 Å². The van der Waals surface area contributed by atoms with Crippen molar-refractivity contribution in [2.75, 3.05) is 6.26 Å². The minimum absolute atomic E-state index is 0.0906. The lowest BCUT2D eigenvalue weighted by Gasteiger charge is -2.11. The molecule has 1 aliphatic rings. The molecule has 1 fully saturated rings. The van der Waals surface area contributed by atoms with Crippen molar-refractivity contribution in [2.24, 2.45) is 10.9 Å². The van der Waals surface area contributed by atoms with E-state index in [0.717, 1.165) is 27.8 Å². The first kappa shape index (κ1) is 14.2. The molecule has 0 radical (unpaired) electrons. The number of aromatic nitrogens is 4. The van der Waals surface area contributed by atoms with Crippen LogP contribution in [0, 0.1) is 0 Å². The Bertz CT molecular complexity index is 682. The van der Waals surface area contributed by atoms with Crippen LogP contribution in [0.2, 0.25) is 0 Å². The molecule has 2 aromatic rings. The van der Waals surface area contributed by atoms with E-state index in [1.807, 2.05) is 29.1 Å². The Morgan fingerprint density at radius 1 is 1.43 bits per heavy atom. The molecule has 1 heterocycles. The first-order chi connectivity index (χ1) is 10.2. The van der Waals surface area contributed by atoms with E-state index in [1.165, 1.54) is 11.8 Å². The molecule has 7 nitrogen and oxygen atoms in total. The monoisotopic (exact) mass is 322 g/mol. The fourth-order valence-electron chi connectivity index (χ4n) is 1.97. The van der Waals surface area contributed by atoms with Crippen LogP contribution in [0.1, 0.15) is 24.4 Å². The first-order valence-corrected chi connectivity index (χ1v) is 8.39. The van der Waals surface area contributed by atoms with E-state index in [2.05, 4.69) is 20.7 Å². The van der Waals surface area contributed by atoms with Crippen LogP contribution in [0.3, 0.4) is 0 Å². The second kappa shape index (κ2) is 5.94. The van der Waals surface area contributed by atoms with Gasteiger partial charge in [-0.2, -0.15) is 0 Å². The highest BCUT2D eigenvalue weighted by molar-refractivity contribution is 7.99. The van der Waals surface area contributed by atoms with Crippen molar-refractivity contribution in [3.8, 4) is 0 Å². The SMILES string of the molecule is CSc1cccc(Sc2nnnn2C2CC2)c1/C(N)=N/O. The Kier molecular flexibility index (Phi) is 4.02. The van der Waals surface area contributed by atoms with Gasteiger partial charge in [-0.25, -0.2) is 4.68 Å². The van der Waals surface area contributed by atoms with Gasteiger partial charge in [-0.3, -0.25) is 0 Å². The summed E-state index contributed by atoms with van der Waals surface area (Å²) in [6, 6.07) is 6.20. The van der Waals surface area contributed by atoms with Gasteiger partial charge in [0.05, 0.1) is 6.04 Å². The first-order valence-electron chi connectivity index (χ1n) is 6.35. The molecule has 0 aliphatic heterocycles. The van der Waals surface area contributed by atoms with Crippen LogP contribution in [0.15, 0.2) is 38.3 Å². The largest absolute Gasteiger partial charge is 0.409 e. The standard InChI is InChI=1S/C12H14N6OS2/c1-20-8-3-2-4-9(10(8)11(13)15-19)21-12-14-16-17-18(12)7-5-6-7/h2-4,7,19H,5-6H2,1H3,(H2,13,15). The van der Waals surface area contributed by atoms with E-state index >= 15 is 0 Å². The molecule has 1 saturated carbocycles. The summed E-state index contributed by atoms with van der Waals surface area (Å²) in [7, 11) is 0. The molecule has 3 N–H and O–H groups in total. The van der Waals surface area contributed by atoms with Crippen LogP contribution in [-0.2, 0) is 0 Å². The van der Waals surface area contributed by atoms with Gasteiger partial charge < -0.3 is 10.9 Å². The lowest BCUT2D eigenvalue weighted by molar-refractivity contribution is 0.318. The minimum Gasteiger partial charge on any atom is -0.409 e. The van der Waals surface area contributed by atoms with Crippen molar-refractivity contribution in [3.05, 3.63) is 23.8 Å². The summed E-state index contributed by atoms with van der Waals surface area (Å²) < 4.78 is 1.84. The van der Waals surface area contributed by atoms with Crippen molar-refractivity contribution >= 4 is 29.4 Å². The van der Waals surface area contributed by atoms with E-state index in [0.29, 0.717) is 11.6 Å². The highest BCUT2D eigenvalue weighted by Crippen LogP contribution is 2.39. The number of nitrogens with two attached hydrogens (primary N) is 1. The Labute approximate surface area is 130 Å². The lowest BCUT2D eigenvalue weighted by atomic mass is 10.2. The molecule has 0 amide bonds. The Balaban J connectivity index is 1.99. The third-order valence-corrected chi connectivity index (χ3v) is 4.92. The maximum absolute atomic E-state index is 9.01. The van der Waals surface area contributed by atoms with Crippen LogP contribution in [0.25, 0.3) is 0 Å². The zero-order valence-electron chi connectivity index (χ0n) is 11.3. The average Bonchev–Trinajstić information content (AvgIpc) is 3.26. The molecule has 0 atom stereocenters. The van der Waals surface area contributed by atoms with Gasteiger partial charge in [-0.05, 0) is 53.4 Å². The molecule has 9 heteroatoms. The normalized spacial score (nSPS) is 15.4. The minimum atomic E-state index is 0.0906. The predicted molar refractivity (Wildman–Crippen MR) is 80.9 cm³/mol. The maximum Gasteiger partial charge on any atom is 0.214 e. The molecule has 21 heavy (non-hydrogen) atoms. The molecular weight excluding hydrogens is 308 g/mol. The zero-order valence-corrected chi connectivity index (χ0v) is 12.9. The van der Waals surface area contributed by atoms with E-state index < -0.39 is 0 Å². The lowest BCUT2D eigenvalue weighted by Crippen LogP contribution is -2.15. The molecule has 0 bridgehead atoms. The topological polar surface area (TPSA) is 102 Å². The van der Waals surface area contributed by atoms with Crippen LogP contribution in [0.5, 0.6) is 0 Å². The molecule has 0 saturated heterocycles. The van der Waals surface area contributed by atoms with E-state index in [4.69, 9.17) is 10.9 Å². The van der Waals surface area contributed by atoms with Crippen molar-refractivity contribution in [2.45, 2.75) is 33.8 Å². The summed E-state index contributed by atoms with van der Waals surface area (Å²) >= 11 is 2.98. The summed E-state index contributed by atoms with van der Waals surface area (Å²) in [5.74, 6) is 0.0906. The average molecular weight is 322 g/mol. The van der Waals surface area contributed by atoms with Crippen LogP contribution in [0.4, 0.5) is 0 Å². The van der Waals surface area contributed by atoms with Gasteiger partial charge in [-0.15, -0.1) is 16.9 Å². The van der Waals surface area contributed by atoms with E-state index in [1.54, 1.807) is 11.8 Å². The summed E-state index contributed by atoms with van der Waals surface area (Å²) in [5, 5.41) is 24.7. The van der Waals surface area contributed by atoms with Crippen LogP contribution >= 0.6 is 23.5 Å². The fourth-order valence-corrected chi connectivity index (χ4v) is 3.68. The summed E-state index contributed by atoms with van der Waals surface area (Å²) in [5.41, 5.74) is 6.54. The quantitative estimate of drug-likeness (QED) is 0.285. The Morgan fingerprint density at radius 3 is 2.86 bits per heavy atom. The Morgan fingerprint density at radius 2 is 2.19 bits per heavy atom. The smallest absolute Gasteiger partial charge is 0.214 e. The van der Waals surface area contributed by atoms with Gasteiger partial charge in [0.2, 0.25) is 5.16 Å². The highest BCUT2D eigenvalue weighted by Gasteiger charge is 2.28. The highest BCUT2D eigenvalue weighted by atomic mass is 32.2. The van der Waals surface area contributed by atoms with Crippen molar-refractivity contribution < 1.29 is 5.21 Å². The molecule has 1 aromatic heterocycles. The molecular formula is C12H14N6OS2. The van der Waals surface area contributed by atoms with Gasteiger partial charge in [0.25, 0.3) is 0 Å². The molecule has 0 unspecified atom stereocenters. The third kappa shape index (κ3) is 2.84. The summed E-state index contributed by atoms with van der Waals surface area (Å²) in [6.45, 7) is 0. The summed E-state index contributed by atoms with van der Waals surface area (Å²) in [4.78, 5) is 1.81. The van der Waals surface area contributed by atoms with Gasteiger partial charge in [0, 0.05) is 15.4 Å². The molecule has 3 rings (SSSR count). The zero-order chi connectivity index (χ0) is 14.8. The Hall–Kier alpha value is -1.74. The van der Waals surface area contributed by atoms with Gasteiger partial charge in [0.15, 0.2) is 5.84 Å². The second-order valence-electron chi connectivity index (χ2n) is 4.56. The maximum atomic E-state index is 9.01. The number of oxime groups is 1. The number of nitrogens with zero attached hydrogens (tertiary/aromatic N) is 5. The predicted octanol–water partition coefficient (Wildman–Crippen LogP) is 1.98. The number of amidine groups is 1. The van der Waals surface area contributed by atoms with Gasteiger partial charge in [0.1, 0.15) is 0 Å². The van der Waals surface area contributed by atoms with Crippen molar-refractivity contribution in [1.29, 1.82) is 0 Å². The number of hydrogen-bond acceptors (Lipinski definition) is 7. The third-order valence-electron chi connectivity index (χ3n) is 3.13. The molecule has 1 aromatic carbocycles. The second-order valence-corrected chi connectivity index (χ2v) is 6.42. The number of thioether (sulfide) groups is 1. The fraction of sp³-hybridized carbons (Fsp3) is 0.333. The van der Waals surface area contributed by atoms with Crippen molar-refractivity contribution in [3.63, 3.8) is 0 Å². The number of tetrazole rings is 1. The van der Waals surface area contributed by atoms with E-state index in [-0.39, 0.29) is 5.84 Å². The number of benzene rings is 1. The van der Waals surface area contributed by atoms with Gasteiger partial charge in [-0.1, -0.05) is 11.2 Å². The molecule has 110 valence electrons.